The van der Waals surface area contributed by atoms with Crippen molar-refractivity contribution < 1.29 is 24.3 Å². The van der Waals surface area contributed by atoms with Crippen LogP contribution in [0.25, 0.3) is 0 Å². The maximum atomic E-state index is 12.5. The third-order valence-electron chi connectivity index (χ3n) is 3.88. The average Bonchev–Trinajstić information content (AvgIpc) is 2.69. The Morgan fingerprint density at radius 1 is 1.21 bits per heavy atom. The van der Waals surface area contributed by atoms with Gasteiger partial charge < -0.3 is 14.9 Å². The molecule has 1 aromatic rings. The van der Waals surface area contributed by atoms with Crippen molar-refractivity contribution in [3.05, 3.63) is 35.9 Å². The number of nitrogens with one attached hydrogen (secondary N) is 1. The van der Waals surface area contributed by atoms with Crippen LogP contribution in [-0.4, -0.2) is 57.3 Å². The van der Waals surface area contributed by atoms with Crippen LogP contribution >= 0.6 is 0 Å². The lowest BCUT2D eigenvalue weighted by atomic mass is 10.0. The van der Waals surface area contributed by atoms with Gasteiger partial charge in [0.2, 0.25) is 5.91 Å². The van der Waals surface area contributed by atoms with E-state index in [-0.39, 0.29) is 13.1 Å². The quantitative estimate of drug-likeness (QED) is 0.734. The average molecular weight is 333 g/mol. The lowest BCUT2D eigenvalue weighted by Crippen LogP contribution is -2.50. The third-order valence-corrected chi connectivity index (χ3v) is 3.88. The lowest BCUT2D eigenvalue weighted by Gasteiger charge is -2.30. The van der Waals surface area contributed by atoms with Crippen molar-refractivity contribution in [2.75, 3.05) is 13.1 Å². The SMILES string of the molecule is CC1(C)C(=O)NC(=O)N1CC(=O)N(CC(=O)O)Cc1ccccc1. The number of rotatable bonds is 6. The maximum absolute atomic E-state index is 12.5. The first kappa shape index (κ1) is 17.5. The second-order valence-corrected chi connectivity index (χ2v) is 6.03. The molecular weight excluding hydrogens is 314 g/mol. The van der Waals surface area contributed by atoms with Gasteiger partial charge in [0, 0.05) is 6.54 Å². The van der Waals surface area contributed by atoms with Gasteiger partial charge >= 0.3 is 12.0 Å². The zero-order valence-corrected chi connectivity index (χ0v) is 13.5. The number of carboxylic acid groups (broad SMARTS) is 1. The van der Waals surface area contributed by atoms with E-state index in [2.05, 4.69) is 5.32 Å². The lowest BCUT2D eigenvalue weighted by molar-refractivity contribution is -0.145. The van der Waals surface area contributed by atoms with Crippen molar-refractivity contribution >= 4 is 23.8 Å². The summed E-state index contributed by atoms with van der Waals surface area (Å²) in [4.78, 5) is 49.4. The van der Waals surface area contributed by atoms with Crippen LogP contribution in [-0.2, 0) is 20.9 Å². The summed E-state index contributed by atoms with van der Waals surface area (Å²) in [6.45, 7) is 2.30. The molecule has 2 rings (SSSR count). The van der Waals surface area contributed by atoms with E-state index >= 15 is 0 Å². The van der Waals surface area contributed by atoms with Crippen molar-refractivity contribution in [1.82, 2.24) is 15.1 Å². The minimum absolute atomic E-state index is 0.107. The van der Waals surface area contributed by atoms with E-state index in [1.807, 2.05) is 6.07 Å². The Labute approximate surface area is 139 Å². The molecule has 4 amide bonds. The smallest absolute Gasteiger partial charge is 0.325 e. The number of imide groups is 1. The fraction of sp³-hybridized carbons (Fsp3) is 0.375. The van der Waals surface area contributed by atoms with E-state index in [4.69, 9.17) is 5.11 Å². The normalized spacial score (nSPS) is 16.0. The first-order valence-corrected chi connectivity index (χ1v) is 7.38. The van der Waals surface area contributed by atoms with Gasteiger partial charge in [0.05, 0.1) is 0 Å². The molecule has 1 aliphatic heterocycles. The summed E-state index contributed by atoms with van der Waals surface area (Å²) in [6.07, 6.45) is 0. The van der Waals surface area contributed by atoms with E-state index in [1.54, 1.807) is 24.3 Å². The molecule has 0 unspecified atom stereocenters. The van der Waals surface area contributed by atoms with Crippen molar-refractivity contribution in [2.24, 2.45) is 0 Å². The molecule has 128 valence electrons. The Bertz CT molecular complexity index is 672. The van der Waals surface area contributed by atoms with Crippen LogP contribution in [0.5, 0.6) is 0 Å². The summed E-state index contributed by atoms with van der Waals surface area (Å²) in [7, 11) is 0. The fourth-order valence-corrected chi connectivity index (χ4v) is 2.40. The maximum Gasteiger partial charge on any atom is 0.325 e. The van der Waals surface area contributed by atoms with Crippen molar-refractivity contribution in [2.45, 2.75) is 25.9 Å². The van der Waals surface area contributed by atoms with Crippen molar-refractivity contribution in [3.63, 3.8) is 0 Å². The number of amides is 4. The Morgan fingerprint density at radius 2 is 1.83 bits per heavy atom. The first-order chi connectivity index (χ1) is 11.2. The molecule has 0 radical (unpaired) electrons. The van der Waals surface area contributed by atoms with Gasteiger partial charge in [-0.2, -0.15) is 0 Å². The van der Waals surface area contributed by atoms with Crippen LogP contribution in [0.3, 0.4) is 0 Å². The highest BCUT2D eigenvalue weighted by molar-refractivity contribution is 6.07. The number of hydrogen-bond acceptors (Lipinski definition) is 4. The molecule has 1 aromatic carbocycles. The monoisotopic (exact) mass is 333 g/mol. The number of benzene rings is 1. The molecule has 2 N–H and O–H groups in total. The molecule has 1 saturated heterocycles. The second-order valence-electron chi connectivity index (χ2n) is 6.03. The molecule has 1 heterocycles. The van der Waals surface area contributed by atoms with Crippen LogP contribution < -0.4 is 5.32 Å². The predicted octanol–water partition coefficient (Wildman–Crippen LogP) is 0.430. The summed E-state index contributed by atoms with van der Waals surface area (Å²) < 4.78 is 0. The van der Waals surface area contributed by atoms with Crippen LogP contribution in [0.15, 0.2) is 30.3 Å². The van der Waals surface area contributed by atoms with E-state index in [9.17, 15) is 19.2 Å². The molecule has 1 aliphatic rings. The Morgan fingerprint density at radius 3 is 2.33 bits per heavy atom. The molecule has 0 atom stereocenters. The van der Waals surface area contributed by atoms with E-state index in [1.165, 1.54) is 13.8 Å². The fourth-order valence-electron chi connectivity index (χ4n) is 2.40. The molecule has 8 nitrogen and oxygen atoms in total. The molecule has 0 spiro atoms. The topological polar surface area (TPSA) is 107 Å². The molecule has 8 heteroatoms. The molecule has 0 saturated carbocycles. The zero-order valence-electron chi connectivity index (χ0n) is 13.5. The van der Waals surface area contributed by atoms with E-state index in [0.29, 0.717) is 0 Å². The highest BCUT2D eigenvalue weighted by Gasteiger charge is 2.46. The first-order valence-electron chi connectivity index (χ1n) is 7.38. The number of aliphatic carboxylic acids is 1. The Hall–Kier alpha value is -2.90. The van der Waals surface area contributed by atoms with Gasteiger partial charge in [-0.25, -0.2) is 4.79 Å². The van der Waals surface area contributed by atoms with Crippen molar-refractivity contribution in [1.29, 1.82) is 0 Å². The summed E-state index contributed by atoms with van der Waals surface area (Å²) in [5, 5.41) is 11.2. The summed E-state index contributed by atoms with van der Waals surface area (Å²) >= 11 is 0. The highest BCUT2D eigenvalue weighted by atomic mass is 16.4. The molecule has 24 heavy (non-hydrogen) atoms. The largest absolute Gasteiger partial charge is 0.480 e. The van der Waals surface area contributed by atoms with Crippen molar-refractivity contribution in [3.8, 4) is 0 Å². The second kappa shape index (κ2) is 6.69. The number of carbonyl (C=O) groups excluding carboxylic acids is 3. The Balaban J connectivity index is 2.14. The number of carboxylic acids is 1. The molecular formula is C16H19N3O5. The van der Waals surface area contributed by atoms with Gasteiger partial charge in [-0.3, -0.25) is 19.7 Å². The van der Waals surface area contributed by atoms with Gasteiger partial charge in [-0.15, -0.1) is 0 Å². The van der Waals surface area contributed by atoms with Gasteiger partial charge in [-0.1, -0.05) is 30.3 Å². The minimum atomic E-state index is -1.16. The molecule has 0 bridgehead atoms. The van der Waals surface area contributed by atoms with E-state index in [0.717, 1.165) is 15.4 Å². The van der Waals surface area contributed by atoms with Gasteiger partial charge in [0.15, 0.2) is 0 Å². The summed E-state index contributed by atoms with van der Waals surface area (Å²) in [5.41, 5.74) is -0.387. The number of urea groups is 1. The Kier molecular flexibility index (Phi) is 4.87. The summed E-state index contributed by atoms with van der Waals surface area (Å²) in [6, 6.07) is 8.28. The molecule has 0 aromatic heterocycles. The van der Waals surface area contributed by atoms with E-state index < -0.39 is 35.9 Å². The standard InChI is InChI=1S/C16H19N3O5/c1-16(2)14(23)17-15(24)19(16)9-12(20)18(10-13(21)22)8-11-6-4-3-5-7-11/h3-7H,8-10H2,1-2H3,(H,21,22)(H,17,23,24). The van der Waals surface area contributed by atoms with Crippen LogP contribution in [0.4, 0.5) is 4.79 Å². The molecule has 1 fully saturated rings. The zero-order chi connectivity index (χ0) is 17.9. The predicted molar refractivity (Wildman–Crippen MR) is 83.8 cm³/mol. The number of nitrogens with zero attached hydrogens (tertiary/aromatic N) is 2. The van der Waals surface area contributed by atoms with Crippen LogP contribution in [0.1, 0.15) is 19.4 Å². The number of carbonyl (C=O) groups is 4. The molecule has 0 aliphatic carbocycles. The van der Waals surface area contributed by atoms with Crippen LogP contribution in [0.2, 0.25) is 0 Å². The summed E-state index contributed by atoms with van der Waals surface area (Å²) in [5.74, 6) is -2.19. The van der Waals surface area contributed by atoms with Gasteiger partial charge in [0.1, 0.15) is 18.6 Å². The third kappa shape index (κ3) is 3.70. The van der Waals surface area contributed by atoms with Crippen LogP contribution in [0, 0.1) is 0 Å². The van der Waals surface area contributed by atoms with Gasteiger partial charge in [0.25, 0.3) is 5.91 Å². The highest BCUT2D eigenvalue weighted by Crippen LogP contribution is 2.21. The number of hydrogen-bond donors (Lipinski definition) is 2. The minimum Gasteiger partial charge on any atom is -0.480 e. The van der Waals surface area contributed by atoms with Gasteiger partial charge in [-0.05, 0) is 19.4 Å².